The van der Waals surface area contributed by atoms with Crippen LogP contribution < -0.4 is 11.1 Å². The second kappa shape index (κ2) is 10.1. The van der Waals surface area contributed by atoms with Crippen LogP contribution in [0.5, 0.6) is 0 Å². The number of nitrogens with zero attached hydrogens (tertiary/aromatic N) is 2. The Balaban J connectivity index is 1.49. The molecule has 0 aliphatic rings. The molecule has 0 bridgehead atoms. The van der Waals surface area contributed by atoms with Gasteiger partial charge in [-0.1, -0.05) is 29.8 Å². The molecular formula is C27H21ClN4O4S2. The van der Waals surface area contributed by atoms with Crippen molar-refractivity contribution in [2.45, 2.75) is 20.4 Å². The summed E-state index contributed by atoms with van der Waals surface area (Å²) in [6.07, 6.45) is 0. The number of anilines is 3. The largest absolute Gasteiger partial charge is 0.399 e. The van der Waals surface area contributed by atoms with Gasteiger partial charge in [0.05, 0.1) is 31.4 Å². The van der Waals surface area contributed by atoms with E-state index < -0.39 is 25.4 Å². The maximum absolute atomic E-state index is 13.2. The number of nitrogen functional groups attached to an aromatic ring is 1. The molecule has 1 heterocycles. The molecule has 5 aromatic rings. The van der Waals surface area contributed by atoms with Gasteiger partial charge in [0, 0.05) is 16.4 Å². The van der Waals surface area contributed by atoms with Crippen molar-refractivity contribution in [3.8, 4) is 0 Å². The first-order valence-corrected chi connectivity index (χ1v) is 14.8. The molecule has 0 aliphatic carbocycles. The van der Waals surface area contributed by atoms with Crippen molar-refractivity contribution >= 4 is 59.5 Å². The van der Waals surface area contributed by atoms with Crippen LogP contribution in [0.1, 0.15) is 5.69 Å². The maximum atomic E-state index is 13.2. The van der Waals surface area contributed by atoms with Crippen molar-refractivity contribution in [2.75, 3.05) is 11.1 Å². The molecule has 0 amide bonds. The van der Waals surface area contributed by atoms with E-state index in [1.807, 2.05) is 0 Å². The molecule has 0 radical (unpaired) electrons. The summed E-state index contributed by atoms with van der Waals surface area (Å²) in [5, 5.41) is 3.53. The van der Waals surface area contributed by atoms with E-state index in [2.05, 4.69) is 15.3 Å². The molecule has 0 atom stereocenters. The van der Waals surface area contributed by atoms with E-state index in [1.54, 1.807) is 48.5 Å². The SMILES string of the molecule is Nc1cccc(S(=O)(=O)c2ccc(Nc3nc4ccccc4nc3CS(=O)(=O)c3ccc(Cl)cc3)cc2)c1. The number of para-hydroxylation sites is 2. The summed E-state index contributed by atoms with van der Waals surface area (Å²) in [6.45, 7) is 0. The quantitative estimate of drug-likeness (QED) is 0.251. The lowest BCUT2D eigenvalue weighted by Crippen LogP contribution is -2.10. The lowest BCUT2D eigenvalue weighted by molar-refractivity contribution is 0.593. The van der Waals surface area contributed by atoms with E-state index in [9.17, 15) is 16.8 Å². The third-order valence-electron chi connectivity index (χ3n) is 5.74. The lowest BCUT2D eigenvalue weighted by atomic mass is 10.2. The molecule has 11 heteroatoms. The first kappa shape index (κ1) is 25.7. The molecule has 0 unspecified atom stereocenters. The molecule has 0 saturated carbocycles. The summed E-state index contributed by atoms with van der Waals surface area (Å²) in [7, 11) is -7.53. The third kappa shape index (κ3) is 5.33. The Kier molecular flexibility index (Phi) is 6.78. The number of halogens is 1. The highest BCUT2D eigenvalue weighted by Gasteiger charge is 2.21. The number of nitrogens with one attached hydrogen (secondary N) is 1. The Morgan fingerprint density at radius 1 is 0.711 bits per heavy atom. The minimum absolute atomic E-state index is 0.0868. The average molecular weight is 565 g/mol. The average Bonchev–Trinajstić information content (AvgIpc) is 2.89. The Bertz CT molecular complexity index is 1860. The van der Waals surface area contributed by atoms with Crippen LogP contribution in [0.2, 0.25) is 5.02 Å². The smallest absolute Gasteiger partial charge is 0.206 e. The molecule has 192 valence electrons. The molecular weight excluding hydrogens is 544 g/mol. The molecule has 38 heavy (non-hydrogen) atoms. The summed E-state index contributed by atoms with van der Waals surface area (Å²) < 4.78 is 52.3. The van der Waals surface area contributed by atoms with Gasteiger partial charge in [-0.05, 0) is 78.9 Å². The van der Waals surface area contributed by atoms with Gasteiger partial charge < -0.3 is 11.1 Å². The molecule has 8 nitrogen and oxygen atoms in total. The normalized spacial score (nSPS) is 11.9. The van der Waals surface area contributed by atoms with Crippen molar-refractivity contribution < 1.29 is 16.8 Å². The van der Waals surface area contributed by atoms with Crippen molar-refractivity contribution in [1.29, 1.82) is 0 Å². The van der Waals surface area contributed by atoms with Crippen LogP contribution in [0.4, 0.5) is 17.2 Å². The van der Waals surface area contributed by atoms with Gasteiger partial charge in [-0.15, -0.1) is 0 Å². The molecule has 0 saturated heterocycles. The lowest BCUT2D eigenvalue weighted by Gasteiger charge is -2.13. The van der Waals surface area contributed by atoms with Gasteiger partial charge in [0.25, 0.3) is 0 Å². The zero-order chi connectivity index (χ0) is 26.9. The second-order valence-corrected chi connectivity index (χ2v) is 12.8. The Hall–Kier alpha value is -3.99. The molecule has 0 spiro atoms. The fourth-order valence-electron chi connectivity index (χ4n) is 3.81. The molecule has 5 rings (SSSR count). The molecule has 4 aromatic carbocycles. The first-order valence-electron chi connectivity index (χ1n) is 11.3. The minimum Gasteiger partial charge on any atom is -0.399 e. The predicted molar refractivity (Wildman–Crippen MR) is 148 cm³/mol. The summed E-state index contributed by atoms with van der Waals surface area (Å²) in [5.74, 6) is -0.163. The van der Waals surface area contributed by atoms with Crippen molar-refractivity contribution in [2.24, 2.45) is 0 Å². The van der Waals surface area contributed by atoms with E-state index in [4.69, 9.17) is 17.3 Å². The Morgan fingerprint density at radius 2 is 1.34 bits per heavy atom. The summed E-state index contributed by atoms with van der Waals surface area (Å²) in [4.78, 5) is 9.45. The number of sulfone groups is 2. The maximum Gasteiger partial charge on any atom is 0.206 e. The number of nitrogens with two attached hydrogens (primary N) is 1. The van der Waals surface area contributed by atoms with Gasteiger partial charge in [0.2, 0.25) is 9.84 Å². The first-order chi connectivity index (χ1) is 18.1. The number of rotatable bonds is 7. The number of hydrogen-bond donors (Lipinski definition) is 2. The van der Waals surface area contributed by atoms with Gasteiger partial charge >= 0.3 is 0 Å². The van der Waals surface area contributed by atoms with Gasteiger partial charge in [-0.2, -0.15) is 0 Å². The van der Waals surface area contributed by atoms with E-state index in [0.717, 1.165) is 0 Å². The minimum atomic E-state index is -3.77. The standard InChI is InChI=1S/C27H21ClN4O4S2/c28-18-8-12-21(13-9-18)37(33,34)17-26-27(32-25-7-2-1-6-24(25)31-26)30-20-10-14-22(15-11-20)38(35,36)23-5-3-4-19(29)16-23/h1-16H,17,29H2,(H,30,32). The summed E-state index contributed by atoms with van der Waals surface area (Å²) >= 11 is 5.91. The number of hydrogen-bond acceptors (Lipinski definition) is 8. The topological polar surface area (TPSA) is 132 Å². The third-order valence-corrected chi connectivity index (χ3v) is 9.40. The van der Waals surface area contributed by atoms with E-state index in [1.165, 1.54) is 48.5 Å². The van der Waals surface area contributed by atoms with E-state index >= 15 is 0 Å². The Morgan fingerprint density at radius 3 is 2.00 bits per heavy atom. The monoisotopic (exact) mass is 564 g/mol. The molecule has 1 aromatic heterocycles. The van der Waals surface area contributed by atoms with Crippen LogP contribution >= 0.6 is 11.6 Å². The van der Waals surface area contributed by atoms with Crippen LogP contribution in [0, 0.1) is 0 Å². The van der Waals surface area contributed by atoms with Crippen molar-refractivity contribution in [3.63, 3.8) is 0 Å². The number of benzene rings is 4. The zero-order valence-electron chi connectivity index (χ0n) is 19.7. The molecule has 3 N–H and O–H groups in total. The second-order valence-electron chi connectivity index (χ2n) is 8.45. The highest BCUT2D eigenvalue weighted by atomic mass is 35.5. The Labute approximate surface area is 225 Å². The zero-order valence-corrected chi connectivity index (χ0v) is 22.1. The van der Waals surface area contributed by atoms with Crippen LogP contribution in [0.15, 0.2) is 112 Å². The van der Waals surface area contributed by atoms with Crippen LogP contribution in [0.3, 0.4) is 0 Å². The summed E-state index contributed by atoms with van der Waals surface area (Å²) in [5.41, 5.74) is 7.94. The number of fused-ring (bicyclic) bond motifs is 1. The van der Waals surface area contributed by atoms with Crippen LogP contribution in [0.25, 0.3) is 11.0 Å². The van der Waals surface area contributed by atoms with E-state index in [-0.39, 0.29) is 26.2 Å². The summed E-state index contributed by atoms with van der Waals surface area (Å²) in [6, 6.07) is 25.2. The van der Waals surface area contributed by atoms with Gasteiger partial charge in [0.15, 0.2) is 15.7 Å². The fraction of sp³-hybridized carbons (Fsp3) is 0.0370. The van der Waals surface area contributed by atoms with Gasteiger partial charge in [-0.3, -0.25) is 0 Å². The predicted octanol–water partition coefficient (Wildman–Crippen LogP) is 5.42. The van der Waals surface area contributed by atoms with Crippen LogP contribution in [-0.2, 0) is 25.4 Å². The molecule has 0 aliphatic heterocycles. The molecule has 0 fully saturated rings. The number of aromatic nitrogens is 2. The van der Waals surface area contributed by atoms with Crippen molar-refractivity contribution in [1.82, 2.24) is 9.97 Å². The van der Waals surface area contributed by atoms with Crippen molar-refractivity contribution in [3.05, 3.63) is 108 Å². The van der Waals surface area contributed by atoms with Crippen LogP contribution in [-0.4, -0.2) is 26.8 Å². The van der Waals surface area contributed by atoms with Gasteiger partial charge in [-0.25, -0.2) is 26.8 Å². The van der Waals surface area contributed by atoms with E-state index in [0.29, 0.717) is 27.4 Å². The fourth-order valence-corrected chi connectivity index (χ4v) is 6.53. The highest BCUT2D eigenvalue weighted by molar-refractivity contribution is 7.91. The van der Waals surface area contributed by atoms with Gasteiger partial charge in [0.1, 0.15) is 5.75 Å². The highest BCUT2D eigenvalue weighted by Crippen LogP contribution is 2.28.